The molecular weight excluding hydrogens is 654 g/mol. The van der Waals surface area contributed by atoms with Crippen molar-refractivity contribution in [3.05, 3.63) is 35.4 Å². The molecule has 0 saturated heterocycles. The lowest BCUT2D eigenvalue weighted by Crippen LogP contribution is -2.33. The predicted octanol–water partition coefficient (Wildman–Crippen LogP) is 7.19. The second kappa shape index (κ2) is 32.3. The van der Waals surface area contributed by atoms with Gasteiger partial charge in [-0.25, -0.2) is 0 Å². The fourth-order valence-corrected chi connectivity index (χ4v) is 5.73. The van der Waals surface area contributed by atoms with E-state index in [2.05, 4.69) is 6.92 Å². The van der Waals surface area contributed by atoms with Crippen LogP contribution in [0, 0.1) is 0 Å². The van der Waals surface area contributed by atoms with E-state index in [0.717, 1.165) is 12.8 Å². The molecule has 0 aromatic heterocycles. The Kier molecular flexibility index (Phi) is 28.3. The summed E-state index contributed by atoms with van der Waals surface area (Å²) in [6.07, 6.45) is 20.1. The van der Waals surface area contributed by atoms with Crippen LogP contribution in [-0.4, -0.2) is 115 Å². The maximum absolute atomic E-state index is 12.3. The molecule has 0 N–H and O–H groups in total. The molecule has 1 aliphatic rings. The van der Waals surface area contributed by atoms with Crippen molar-refractivity contribution in [1.29, 1.82) is 0 Å². The molecule has 0 unspecified atom stereocenters. The summed E-state index contributed by atoms with van der Waals surface area (Å²) in [6.45, 7) is 7.79. The number of fused-ring (bicyclic) bond motifs is 1. The van der Waals surface area contributed by atoms with Gasteiger partial charge in [0.1, 0.15) is 6.61 Å². The quantitative estimate of drug-likeness (QED) is 0.0397. The normalized spacial score (nSPS) is 12.6. The number of hydrogen-bond acceptors (Lipinski definition) is 10. The van der Waals surface area contributed by atoms with Crippen LogP contribution in [0.3, 0.4) is 0 Å². The van der Waals surface area contributed by atoms with E-state index in [4.69, 9.17) is 33.2 Å². The number of benzene rings is 1. The lowest BCUT2D eigenvalue weighted by atomic mass is 10.0. The third-order valence-electron chi connectivity index (χ3n) is 8.67. The van der Waals surface area contributed by atoms with E-state index >= 15 is 0 Å². The van der Waals surface area contributed by atoms with Crippen LogP contribution in [-0.2, 0) is 38.0 Å². The van der Waals surface area contributed by atoms with E-state index < -0.39 is 0 Å². The number of imide groups is 1. The number of unbranched alkanes of at least 4 members (excludes halogenated alkanes) is 14. The van der Waals surface area contributed by atoms with Crippen LogP contribution >= 0.6 is 0 Å². The molecule has 2 amide bonds. The lowest BCUT2D eigenvalue weighted by molar-refractivity contribution is -0.145. The van der Waals surface area contributed by atoms with Crippen LogP contribution in [0.2, 0.25) is 0 Å². The first-order valence-corrected chi connectivity index (χ1v) is 19.7. The Morgan fingerprint density at radius 3 is 1.20 bits per heavy atom. The van der Waals surface area contributed by atoms with Gasteiger partial charge in [-0.3, -0.25) is 19.3 Å². The van der Waals surface area contributed by atoms with E-state index in [-0.39, 0.29) is 37.5 Å². The number of ether oxygens (including phenoxy) is 7. The minimum Gasteiger partial charge on any atom is -0.463 e. The zero-order valence-electron chi connectivity index (χ0n) is 31.6. The highest BCUT2D eigenvalue weighted by atomic mass is 16.6. The lowest BCUT2D eigenvalue weighted by Gasteiger charge is -2.13. The fraction of sp³-hybridized carbons (Fsp3) is 0.775. The molecule has 1 aromatic carbocycles. The Hall–Kier alpha value is -2.41. The molecule has 1 aromatic rings. The summed E-state index contributed by atoms with van der Waals surface area (Å²) in [6, 6.07) is 6.83. The molecular formula is C40H67NO10. The van der Waals surface area contributed by atoms with Crippen LogP contribution in [0.25, 0.3) is 0 Å². The average molecular weight is 722 g/mol. The van der Waals surface area contributed by atoms with Gasteiger partial charge in [0.05, 0.1) is 97.0 Å². The first-order valence-electron chi connectivity index (χ1n) is 19.7. The third kappa shape index (κ3) is 23.0. The van der Waals surface area contributed by atoms with Crippen LogP contribution in [0.1, 0.15) is 130 Å². The molecule has 0 saturated carbocycles. The Morgan fingerprint density at radius 1 is 0.471 bits per heavy atom. The van der Waals surface area contributed by atoms with Gasteiger partial charge in [0.15, 0.2) is 0 Å². The predicted molar refractivity (Wildman–Crippen MR) is 197 cm³/mol. The molecule has 11 heteroatoms. The fourth-order valence-electron chi connectivity index (χ4n) is 5.73. The van der Waals surface area contributed by atoms with Crippen molar-refractivity contribution < 1.29 is 47.5 Å². The van der Waals surface area contributed by atoms with Gasteiger partial charge >= 0.3 is 5.97 Å². The smallest absolute Gasteiger partial charge is 0.305 e. The van der Waals surface area contributed by atoms with Gasteiger partial charge in [-0.05, 0) is 18.6 Å². The van der Waals surface area contributed by atoms with Crippen molar-refractivity contribution in [3.8, 4) is 0 Å². The molecule has 0 fully saturated rings. The molecule has 1 aliphatic heterocycles. The minimum atomic E-state index is -0.276. The molecule has 292 valence electrons. The SMILES string of the molecule is CCCCCCCCCCCCCCCCCC(=O)OCCOCCOCCOCCOCCOCCOCCN1C(=O)c2ccccc2C1=O. The van der Waals surface area contributed by atoms with E-state index in [1.165, 1.54) is 88.4 Å². The first-order chi connectivity index (χ1) is 25.1. The van der Waals surface area contributed by atoms with E-state index in [9.17, 15) is 14.4 Å². The Balaban J connectivity index is 1.19. The maximum Gasteiger partial charge on any atom is 0.305 e. The van der Waals surface area contributed by atoms with Crippen molar-refractivity contribution in [3.63, 3.8) is 0 Å². The Labute approximate surface area is 307 Å². The number of nitrogens with zero attached hydrogens (tertiary/aromatic N) is 1. The summed E-state index contributed by atoms with van der Waals surface area (Å²) in [5.41, 5.74) is 0.886. The van der Waals surface area contributed by atoms with Gasteiger partial charge in [0, 0.05) is 6.42 Å². The average Bonchev–Trinajstić information content (AvgIpc) is 3.38. The number of esters is 1. The molecule has 0 atom stereocenters. The van der Waals surface area contributed by atoms with Gasteiger partial charge in [-0.1, -0.05) is 109 Å². The highest BCUT2D eigenvalue weighted by Gasteiger charge is 2.34. The number of rotatable bonds is 37. The zero-order chi connectivity index (χ0) is 36.5. The standard InChI is InChI=1S/C40H67NO10/c1-2-3-4-5-6-7-8-9-10-11-12-13-14-15-16-21-38(42)51-35-34-50-33-32-49-31-30-48-29-28-47-27-26-46-25-24-45-23-22-41-39(43)36-19-17-18-20-37(36)40(41)44/h17-20H,2-16,21-35H2,1H3. The second-order valence-electron chi connectivity index (χ2n) is 12.9. The van der Waals surface area contributed by atoms with Crippen molar-refractivity contribution >= 4 is 17.8 Å². The summed E-state index contributed by atoms with van der Waals surface area (Å²) in [5, 5.41) is 0. The zero-order valence-corrected chi connectivity index (χ0v) is 31.6. The van der Waals surface area contributed by atoms with Gasteiger partial charge < -0.3 is 33.2 Å². The number of amides is 2. The van der Waals surface area contributed by atoms with Crippen molar-refractivity contribution in [2.24, 2.45) is 0 Å². The number of carbonyl (C=O) groups is 3. The van der Waals surface area contributed by atoms with E-state index in [1.54, 1.807) is 24.3 Å². The summed E-state index contributed by atoms with van der Waals surface area (Å²) < 4.78 is 38.1. The number of carbonyl (C=O) groups excluding carboxylic acids is 3. The molecule has 1 heterocycles. The molecule has 0 spiro atoms. The van der Waals surface area contributed by atoms with Crippen LogP contribution in [0.5, 0.6) is 0 Å². The summed E-state index contributed by atoms with van der Waals surface area (Å²) in [5.74, 6) is -0.692. The van der Waals surface area contributed by atoms with Gasteiger partial charge in [-0.15, -0.1) is 0 Å². The maximum atomic E-state index is 12.3. The van der Waals surface area contributed by atoms with Crippen molar-refractivity contribution in [2.45, 2.75) is 110 Å². The molecule has 11 nitrogen and oxygen atoms in total. The summed E-state index contributed by atoms with van der Waals surface area (Å²) in [4.78, 5) is 37.7. The van der Waals surface area contributed by atoms with Crippen LogP contribution in [0.15, 0.2) is 24.3 Å². The Bertz CT molecular complexity index is 988. The summed E-state index contributed by atoms with van der Waals surface area (Å²) in [7, 11) is 0. The highest BCUT2D eigenvalue weighted by molar-refractivity contribution is 6.21. The largest absolute Gasteiger partial charge is 0.463 e. The first kappa shape index (κ1) is 44.7. The van der Waals surface area contributed by atoms with Gasteiger partial charge in [0.2, 0.25) is 0 Å². The molecule has 51 heavy (non-hydrogen) atoms. The molecule has 0 radical (unpaired) electrons. The molecule has 0 bridgehead atoms. The number of hydrogen-bond donors (Lipinski definition) is 0. The van der Waals surface area contributed by atoms with Crippen molar-refractivity contribution in [1.82, 2.24) is 4.90 Å². The van der Waals surface area contributed by atoms with Crippen LogP contribution < -0.4 is 0 Å². The highest BCUT2D eigenvalue weighted by Crippen LogP contribution is 2.22. The van der Waals surface area contributed by atoms with Crippen LogP contribution in [0.4, 0.5) is 0 Å². The topological polar surface area (TPSA) is 119 Å². The van der Waals surface area contributed by atoms with E-state index in [1.807, 2.05) is 0 Å². The van der Waals surface area contributed by atoms with E-state index in [0.29, 0.717) is 90.2 Å². The van der Waals surface area contributed by atoms with Crippen molar-refractivity contribution in [2.75, 3.05) is 92.4 Å². The molecule has 2 rings (SSSR count). The van der Waals surface area contributed by atoms with Gasteiger partial charge in [-0.2, -0.15) is 0 Å². The molecule has 0 aliphatic carbocycles. The minimum absolute atomic E-state index is 0.139. The summed E-state index contributed by atoms with van der Waals surface area (Å²) >= 11 is 0. The Morgan fingerprint density at radius 2 is 0.804 bits per heavy atom. The third-order valence-corrected chi connectivity index (χ3v) is 8.67. The monoisotopic (exact) mass is 721 g/mol. The van der Waals surface area contributed by atoms with Gasteiger partial charge in [0.25, 0.3) is 11.8 Å². The second-order valence-corrected chi connectivity index (χ2v) is 12.9.